The second-order valence-corrected chi connectivity index (χ2v) is 9.11. The molecule has 0 spiro atoms. The van der Waals surface area contributed by atoms with Crippen LogP contribution < -0.4 is 10.2 Å². The summed E-state index contributed by atoms with van der Waals surface area (Å²) in [5.41, 5.74) is 7.13. The summed E-state index contributed by atoms with van der Waals surface area (Å²) < 4.78 is 7.11. The largest absolute Gasteiger partial charge is 0.497 e. The fourth-order valence-corrected chi connectivity index (χ4v) is 4.15. The van der Waals surface area contributed by atoms with Crippen LogP contribution in [0.3, 0.4) is 0 Å². The van der Waals surface area contributed by atoms with Gasteiger partial charge in [0, 0.05) is 16.3 Å². The first kappa shape index (κ1) is 24.5. The van der Waals surface area contributed by atoms with Crippen molar-refractivity contribution in [1.29, 1.82) is 0 Å². The lowest BCUT2D eigenvalue weighted by Crippen LogP contribution is -2.21. The predicted octanol–water partition coefficient (Wildman–Crippen LogP) is 5.54. The van der Waals surface area contributed by atoms with Gasteiger partial charge in [0.15, 0.2) is 11.0 Å². The van der Waals surface area contributed by atoms with Crippen molar-refractivity contribution in [2.45, 2.75) is 19.0 Å². The summed E-state index contributed by atoms with van der Waals surface area (Å²) in [6, 6.07) is 23.0. The molecule has 178 valence electrons. The number of ether oxygens (including phenoxy) is 1. The summed E-state index contributed by atoms with van der Waals surface area (Å²) >= 11 is 7.35. The van der Waals surface area contributed by atoms with E-state index in [-0.39, 0.29) is 11.7 Å². The van der Waals surface area contributed by atoms with E-state index in [9.17, 15) is 4.79 Å². The molecule has 1 amide bonds. The highest BCUT2D eigenvalue weighted by Crippen LogP contribution is 2.29. The maximum absolute atomic E-state index is 12.5. The molecule has 4 rings (SSSR count). The van der Waals surface area contributed by atoms with Gasteiger partial charge in [-0.15, -0.1) is 10.2 Å². The zero-order valence-corrected chi connectivity index (χ0v) is 21.1. The Balaban J connectivity index is 1.51. The number of nitrogens with zero attached hydrogens (tertiary/aromatic N) is 4. The summed E-state index contributed by atoms with van der Waals surface area (Å²) in [6.45, 7) is 3.87. The molecule has 1 N–H and O–H groups in total. The molecule has 7 nitrogen and oxygen atoms in total. The van der Waals surface area contributed by atoms with Gasteiger partial charge in [-0.3, -0.25) is 9.36 Å². The number of halogens is 1. The number of methoxy groups -OCH3 is 1. The fourth-order valence-electron chi connectivity index (χ4n) is 3.28. The maximum Gasteiger partial charge on any atom is 0.250 e. The minimum atomic E-state index is -0.241. The molecule has 0 aliphatic carbocycles. The quantitative estimate of drug-likeness (QED) is 0.193. The van der Waals surface area contributed by atoms with Crippen LogP contribution in [0.2, 0.25) is 5.02 Å². The van der Waals surface area contributed by atoms with Gasteiger partial charge >= 0.3 is 0 Å². The van der Waals surface area contributed by atoms with E-state index in [2.05, 4.69) is 20.7 Å². The number of carbonyl (C=O) groups is 1. The molecular formula is C26H24ClN5O2S. The number of aromatic nitrogens is 3. The Morgan fingerprint density at radius 2 is 1.71 bits per heavy atom. The normalized spacial score (nSPS) is 11.4. The summed E-state index contributed by atoms with van der Waals surface area (Å²) in [5, 5.41) is 14.2. The van der Waals surface area contributed by atoms with Crippen LogP contribution in [0.1, 0.15) is 18.1 Å². The number of hydrazone groups is 1. The Kier molecular flexibility index (Phi) is 7.84. The first-order valence-electron chi connectivity index (χ1n) is 10.8. The number of rotatable bonds is 8. The summed E-state index contributed by atoms with van der Waals surface area (Å²) in [4.78, 5) is 12.5. The average molecular weight is 506 g/mol. The second kappa shape index (κ2) is 11.2. The molecule has 0 saturated heterocycles. The van der Waals surface area contributed by atoms with Crippen molar-refractivity contribution in [3.05, 3.63) is 88.9 Å². The van der Waals surface area contributed by atoms with E-state index >= 15 is 0 Å². The number of thioether (sulfide) groups is 1. The zero-order valence-electron chi connectivity index (χ0n) is 19.5. The van der Waals surface area contributed by atoms with Gasteiger partial charge in [-0.2, -0.15) is 5.10 Å². The minimum Gasteiger partial charge on any atom is -0.497 e. The number of hydrogen-bond acceptors (Lipinski definition) is 6. The molecule has 3 aromatic carbocycles. The van der Waals surface area contributed by atoms with Crippen LogP contribution >= 0.6 is 23.4 Å². The zero-order chi connectivity index (χ0) is 24.8. The Morgan fingerprint density at radius 1 is 1.03 bits per heavy atom. The number of amides is 1. The van der Waals surface area contributed by atoms with Crippen LogP contribution in [-0.2, 0) is 4.79 Å². The van der Waals surface area contributed by atoms with Gasteiger partial charge in [0.25, 0.3) is 5.91 Å². The molecule has 1 heterocycles. The molecule has 0 fully saturated rings. The lowest BCUT2D eigenvalue weighted by Gasteiger charge is -2.11. The van der Waals surface area contributed by atoms with Crippen molar-refractivity contribution in [3.63, 3.8) is 0 Å². The van der Waals surface area contributed by atoms with Crippen LogP contribution in [0.4, 0.5) is 0 Å². The fraction of sp³-hybridized carbons (Fsp3) is 0.154. The third kappa shape index (κ3) is 6.09. The Morgan fingerprint density at radius 3 is 2.37 bits per heavy atom. The highest BCUT2D eigenvalue weighted by atomic mass is 35.5. The topological polar surface area (TPSA) is 81.4 Å². The number of carbonyl (C=O) groups excluding carboxylic acids is 1. The first-order chi connectivity index (χ1) is 16.9. The third-order valence-electron chi connectivity index (χ3n) is 5.22. The summed E-state index contributed by atoms with van der Waals surface area (Å²) in [5.74, 6) is 1.32. The van der Waals surface area contributed by atoms with E-state index in [1.54, 1.807) is 7.11 Å². The Bertz CT molecular complexity index is 1330. The highest BCUT2D eigenvalue weighted by Gasteiger charge is 2.17. The number of benzene rings is 3. The van der Waals surface area contributed by atoms with E-state index in [0.717, 1.165) is 28.1 Å². The van der Waals surface area contributed by atoms with Crippen LogP contribution in [0.15, 0.2) is 83.1 Å². The molecule has 1 aromatic heterocycles. The molecule has 9 heteroatoms. The van der Waals surface area contributed by atoms with E-state index in [4.69, 9.17) is 16.3 Å². The molecule has 0 bridgehead atoms. The van der Waals surface area contributed by atoms with Crippen molar-refractivity contribution >= 4 is 35.0 Å². The molecule has 0 atom stereocenters. The van der Waals surface area contributed by atoms with Crippen LogP contribution in [0.25, 0.3) is 17.1 Å². The monoisotopic (exact) mass is 505 g/mol. The van der Waals surface area contributed by atoms with Gasteiger partial charge in [-0.05, 0) is 80.1 Å². The number of hydrogen-bond donors (Lipinski definition) is 1. The van der Waals surface area contributed by atoms with E-state index in [1.165, 1.54) is 11.8 Å². The maximum atomic E-state index is 12.5. The third-order valence-corrected chi connectivity index (χ3v) is 6.40. The van der Waals surface area contributed by atoms with Gasteiger partial charge in [-0.1, -0.05) is 41.1 Å². The smallest absolute Gasteiger partial charge is 0.250 e. The molecular weight excluding hydrogens is 482 g/mol. The Hall–Kier alpha value is -3.62. The molecule has 0 unspecified atom stereocenters. The molecule has 0 aliphatic heterocycles. The van der Waals surface area contributed by atoms with Crippen molar-refractivity contribution in [2.75, 3.05) is 12.9 Å². The van der Waals surface area contributed by atoms with Gasteiger partial charge in [0.05, 0.1) is 18.6 Å². The molecule has 35 heavy (non-hydrogen) atoms. The van der Waals surface area contributed by atoms with Crippen LogP contribution in [0.5, 0.6) is 5.75 Å². The minimum absolute atomic E-state index is 0.129. The van der Waals surface area contributed by atoms with E-state index < -0.39 is 0 Å². The lowest BCUT2D eigenvalue weighted by atomic mass is 10.1. The molecule has 0 saturated carbocycles. The second-order valence-electron chi connectivity index (χ2n) is 7.73. The average Bonchev–Trinajstić information content (AvgIpc) is 3.31. The summed E-state index contributed by atoms with van der Waals surface area (Å²) in [6.07, 6.45) is 0. The highest BCUT2D eigenvalue weighted by molar-refractivity contribution is 7.99. The van der Waals surface area contributed by atoms with Gasteiger partial charge < -0.3 is 4.74 Å². The van der Waals surface area contributed by atoms with Crippen molar-refractivity contribution < 1.29 is 9.53 Å². The lowest BCUT2D eigenvalue weighted by molar-refractivity contribution is -0.118. The summed E-state index contributed by atoms with van der Waals surface area (Å²) in [7, 11) is 1.62. The molecule has 4 aromatic rings. The van der Waals surface area contributed by atoms with Gasteiger partial charge in [0.1, 0.15) is 5.75 Å². The first-order valence-corrected chi connectivity index (χ1v) is 12.2. The SMILES string of the molecule is COc1ccc(/C(C)=N\NC(=O)CSc2nnc(-c3ccc(Cl)cc3)n2-c2ccc(C)cc2)cc1. The van der Waals surface area contributed by atoms with Gasteiger partial charge in [0.2, 0.25) is 0 Å². The number of aryl methyl sites for hydroxylation is 1. The van der Waals surface area contributed by atoms with Crippen molar-refractivity contribution in [2.24, 2.45) is 5.10 Å². The standard InChI is InChI=1S/C26H24ClN5O2S/c1-17-4-12-22(13-5-17)32-25(20-6-10-21(27)11-7-20)30-31-26(32)35-16-24(33)29-28-18(2)19-8-14-23(34-3)15-9-19/h4-15H,16H2,1-3H3,(H,29,33)/b28-18-. The van der Waals surface area contributed by atoms with Crippen LogP contribution in [-0.4, -0.2) is 39.2 Å². The van der Waals surface area contributed by atoms with E-state index in [0.29, 0.717) is 21.7 Å². The van der Waals surface area contributed by atoms with Crippen LogP contribution in [0, 0.1) is 6.92 Å². The van der Waals surface area contributed by atoms with Crippen molar-refractivity contribution in [1.82, 2.24) is 20.2 Å². The predicted molar refractivity (Wildman–Crippen MR) is 141 cm³/mol. The number of nitrogens with one attached hydrogen (secondary N) is 1. The Labute approximate surface area is 213 Å². The van der Waals surface area contributed by atoms with E-state index in [1.807, 2.05) is 91.2 Å². The van der Waals surface area contributed by atoms with Crippen molar-refractivity contribution in [3.8, 4) is 22.8 Å². The van der Waals surface area contributed by atoms with Gasteiger partial charge in [-0.25, -0.2) is 5.43 Å². The molecule has 0 aliphatic rings. The molecule has 0 radical (unpaired) electrons.